The molecule has 1 aliphatic heterocycles. The molecule has 5 rings (SSSR count). The number of aryl methyl sites for hydroxylation is 3. The highest BCUT2D eigenvalue weighted by molar-refractivity contribution is 7.99. The predicted octanol–water partition coefficient (Wildman–Crippen LogP) is 1.19. The number of sulfonamides is 1. The van der Waals surface area contributed by atoms with Gasteiger partial charge in [0.25, 0.3) is 10.0 Å². The number of nitrogens with zero attached hydrogens (tertiary/aromatic N) is 1. The largest absolute Gasteiger partial charge is 0.455 e. The number of hydrogen-bond donors (Lipinski definition) is 1. The minimum Gasteiger partial charge on any atom is -0.455 e. The van der Waals surface area contributed by atoms with Crippen molar-refractivity contribution in [3.05, 3.63) is 95.8 Å². The van der Waals surface area contributed by atoms with Gasteiger partial charge in [-0.15, -0.1) is 10.2 Å². The van der Waals surface area contributed by atoms with Crippen LogP contribution in [0.3, 0.4) is 0 Å². The second kappa shape index (κ2) is 10.9. The molecule has 1 N–H and O–H groups in total. The number of anilines is 1. The number of hydrogen-bond acceptors (Lipinski definition) is 8. The number of fused-ring (bicyclic) bond motifs is 2. The summed E-state index contributed by atoms with van der Waals surface area (Å²) in [6.45, 7) is 6.15. The highest BCUT2D eigenvalue weighted by Crippen LogP contribution is 2.47. The number of para-hydroxylation sites is 1. The Hall–Kier alpha value is -3.16. The van der Waals surface area contributed by atoms with Gasteiger partial charge in [-0.1, -0.05) is 23.9 Å². The molecule has 198 valence electrons. The van der Waals surface area contributed by atoms with Gasteiger partial charge in [0.2, 0.25) is 5.69 Å². The van der Waals surface area contributed by atoms with Gasteiger partial charge in [-0.05, 0) is 55.0 Å². The van der Waals surface area contributed by atoms with Gasteiger partial charge in [-0.25, -0.2) is 27.1 Å². The van der Waals surface area contributed by atoms with E-state index in [0.717, 1.165) is 32.6 Å². The third kappa shape index (κ3) is 6.83. The number of pyridine rings is 1. The zero-order chi connectivity index (χ0) is 27.7. The van der Waals surface area contributed by atoms with Crippen molar-refractivity contribution in [2.45, 2.75) is 35.5 Å². The van der Waals surface area contributed by atoms with E-state index in [1.54, 1.807) is 42.1 Å². The van der Waals surface area contributed by atoms with Gasteiger partial charge in [0.05, 0.1) is 20.4 Å². The first-order valence-corrected chi connectivity index (χ1v) is 14.7. The van der Waals surface area contributed by atoms with Crippen LogP contribution in [-0.4, -0.2) is 8.42 Å². The lowest BCUT2D eigenvalue weighted by Crippen LogP contribution is -2.68. The van der Waals surface area contributed by atoms with E-state index in [9.17, 15) is 8.42 Å². The molecule has 0 spiro atoms. The van der Waals surface area contributed by atoms with Crippen molar-refractivity contribution < 1.29 is 46.6 Å². The van der Waals surface area contributed by atoms with Gasteiger partial charge in [0.1, 0.15) is 11.5 Å². The van der Waals surface area contributed by atoms with Gasteiger partial charge < -0.3 is 4.74 Å². The Morgan fingerprint density at radius 1 is 0.789 bits per heavy atom. The molecule has 0 radical (unpaired) electrons. The molecule has 0 bridgehead atoms. The van der Waals surface area contributed by atoms with E-state index in [1.807, 2.05) is 50.2 Å². The fourth-order valence-corrected chi connectivity index (χ4v) is 6.13. The van der Waals surface area contributed by atoms with E-state index in [0.29, 0.717) is 11.4 Å². The molecule has 0 amide bonds. The SMILES string of the molecule is Cc1cc(C)[n+](-c2ccc(S(=O)(=O)Nc3ccc4c(c3)Sc3ccccc3O4)cc2)c(C)c1.[O-][Cl+3]([O-])([O-])[O-]. The monoisotopic (exact) mass is 574 g/mol. The maximum Gasteiger partial charge on any atom is 0.261 e. The first-order valence-electron chi connectivity index (χ1n) is 11.1. The summed E-state index contributed by atoms with van der Waals surface area (Å²) in [6, 6.07) is 24.2. The Labute approximate surface area is 226 Å². The lowest BCUT2D eigenvalue weighted by molar-refractivity contribution is -2.00. The molecule has 0 saturated heterocycles. The highest BCUT2D eigenvalue weighted by Gasteiger charge is 2.21. The molecule has 0 unspecified atom stereocenters. The highest BCUT2D eigenvalue weighted by atomic mass is 35.7. The fourth-order valence-electron chi connectivity index (χ4n) is 4.09. The Balaban J connectivity index is 0.000000617. The summed E-state index contributed by atoms with van der Waals surface area (Å²) in [6.07, 6.45) is 0. The van der Waals surface area contributed by atoms with Crippen LogP contribution in [0.25, 0.3) is 5.69 Å². The number of halogens is 1. The second-order valence-corrected chi connectivity index (χ2v) is 12.0. The quantitative estimate of drug-likeness (QED) is 0.314. The summed E-state index contributed by atoms with van der Waals surface area (Å²) in [5, 5.41) is 0. The number of nitrogens with one attached hydrogen (secondary N) is 1. The topological polar surface area (TPSA) is 152 Å². The first-order chi connectivity index (χ1) is 17.8. The van der Waals surface area contributed by atoms with Crippen LogP contribution in [0.1, 0.15) is 17.0 Å². The third-order valence-electron chi connectivity index (χ3n) is 5.47. The average molecular weight is 575 g/mol. The van der Waals surface area contributed by atoms with E-state index in [4.69, 9.17) is 23.4 Å². The minimum absolute atomic E-state index is 0.209. The molecule has 9 nitrogen and oxygen atoms in total. The van der Waals surface area contributed by atoms with E-state index in [2.05, 4.69) is 28.3 Å². The van der Waals surface area contributed by atoms with Crippen molar-refractivity contribution in [1.82, 2.24) is 0 Å². The number of benzene rings is 3. The maximum absolute atomic E-state index is 13.0. The minimum atomic E-state index is -4.94. The molecular formula is C26H23ClN2O7S2. The summed E-state index contributed by atoms with van der Waals surface area (Å²) in [5.74, 6) is 1.52. The summed E-state index contributed by atoms with van der Waals surface area (Å²) < 4.78 is 70.8. The molecule has 0 aliphatic carbocycles. The zero-order valence-electron chi connectivity index (χ0n) is 20.5. The Kier molecular flexibility index (Phi) is 8.00. The molecule has 0 saturated carbocycles. The second-order valence-electron chi connectivity index (χ2n) is 8.44. The van der Waals surface area contributed by atoms with Crippen LogP contribution < -0.4 is 32.7 Å². The molecule has 1 aliphatic rings. The van der Waals surface area contributed by atoms with Gasteiger partial charge in [0.15, 0.2) is 11.4 Å². The van der Waals surface area contributed by atoms with Gasteiger partial charge >= 0.3 is 0 Å². The summed E-state index contributed by atoms with van der Waals surface area (Å²) in [5.41, 5.74) is 4.80. The molecule has 0 fully saturated rings. The number of rotatable bonds is 4. The number of aromatic nitrogens is 1. The molecule has 4 aromatic rings. The van der Waals surface area contributed by atoms with Gasteiger partial charge in [0, 0.05) is 38.1 Å². The molecule has 1 aromatic heterocycles. The van der Waals surface area contributed by atoms with Crippen LogP contribution in [0.2, 0.25) is 0 Å². The average Bonchev–Trinajstić information content (AvgIpc) is 2.81. The molecule has 2 heterocycles. The molecule has 38 heavy (non-hydrogen) atoms. The van der Waals surface area contributed by atoms with Gasteiger partial charge in [-0.3, -0.25) is 4.72 Å². The summed E-state index contributed by atoms with van der Waals surface area (Å²) in [7, 11) is -8.68. The third-order valence-corrected chi connectivity index (χ3v) is 7.96. The lowest BCUT2D eigenvalue weighted by Gasteiger charge is -2.20. The fraction of sp³-hybridized carbons (Fsp3) is 0.115. The predicted molar refractivity (Wildman–Crippen MR) is 130 cm³/mol. The summed E-state index contributed by atoms with van der Waals surface area (Å²) in [4.78, 5) is 2.08. The molecule has 0 atom stereocenters. The van der Waals surface area contributed by atoms with Crippen LogP contribution in [-0.2, 0) is 10.0 Å². The van der Waals surface area contributed by atoms with E-state index >= 15 is 0 Å². The van der Waals surface area contributed by atoms with Crippen molar-refractivity contribution in [2.24, 2.45) is 0 Å². The van der Waals surface area contributed by atoms with Crippen LogP contribution >= 0.6 is 11.8 Å². The maximum atomic E-state index is 13.0. The van der Waals surface area contributed by atoms with Crippen molar-refractivity contribution >= 4 is 27.5 Å². The molecule has 12 heteroatoms. The van der Waals surface area contributed by atoms with Crippen LogP contribution in [0, 0.1) is 31.0 Å². The van der Waals surface area contributed by atoms with Crippen molar-refractivity contribution in [3.63, 3.8) is 0 Å². The van der Waals surface area contributed by atoms with Crippen LogP contribution in [0.5, 0.6) is 11.5 Å². The zero-order valence-corrected chi connectivity index (χ0v) is 22.9. The van der Waals surface area contributed by atoms with Gasteiger partial charge in [-0.2, -0.15) is 4.57 Å². The van der Waals surface area contributed by atoms with E-state index in [1.165, 1.54) is 5.56 Å². The van der Waals surface area contributed by atoms with E-state index < -0.39 is 20.3 Å². The van der Waals surface area contributed by atoms with Crippen LogP contribution in [0.4, 0.5) is 5.69 Å². The Morgan fingerprint density at radius 3 is 2.00 bits per heavy atom. The van der Waals surface area contributed by atoms with Crippen molar-refractivity contribution in [2.75, 3.05) is 4.72 Å². The standard InChI is InChI=1S/C26H23N2O3S2.ClHO4/c1-17-14-18(2)28(19(3)15-17)21-9-11-22(12-10-21)33(29,30)27-20-8-13-24-26(16-20)32-25-7-5-4-6-23(25)31-24;2-1(3,4)5/h4-16,27H,1-3H3;(H,2,3,4,5)/q+1;/p-1. The molecular weight excluding hydrogens is 552 g/mol. The lowest BCUT2D eigenvalue weighted by atomic mass is 10.2. The number of ether oxygens (including phenoxy) is 1. The molecule has 3 aromatic carbocycles. The Bertz CT molecular complexity index is 1560. The van der Waals surface area contributed by atoms with Crippen molar-refractivity contribution in [3.8, 4) is 17.2 Å². The smallest absolute Gasteiger partial charge is 0.261 e. The Morgan fingerprint density at radius 2 is 1.37 bits per heavy atom. The van der Waals surface area contributed by atoms with Crippen LogP contribution in [0.15, 0.2) is 93.5 Å². The van der Waals surface area contributed by atoms with Crippen molar-refractivity contribution in [1.29, 1.82) is 0 Å². The summed E-state index contributed by atoms with van der Waals surface area (Å²) >= 11 is 1.56. The normalized spacial score (nSPS) is 12.4. The van der Waals surface area contributed by atoms with E-state index in [-0.39, 0.29) is 4.90 Å². The first kappa shape index (κ1) is 27.9.